The van der Waals surface area contributed by atoms with E-state index in [1.165, 1.54) is 66.8 Å². The molecule has 1 aliphatic heterocycles. The maximum Gasteiger partial charge on any atom is 0.208 e. The first-order valence-corrected chi connectivity index (χ1v) is 46.1. The van der Waals surface area contributed by atoms with E-state index >= 15 is 0 Å². The highest BCUT2D eigenvalue weighted by Crippen LogP contribution is 2.33. The number of aliphatic hydroxyl groups is 1. The summed E-state index contributed by atoms with van der Waals surface area (Å²) >= 11 is 0. The van der Waals surface area contributed by atoms with E-state index in [0.717, 1.165) is 86.0 Å². The van der Waals surface area contributed by atoms with Gasteiger partial charge in [-0.2, -0.15) is 0 Å². The van der Waals surface area contributed by atoms with Crippen LogP contribution in [-0.4, -0.2) is 150 Å². The molecular formula is C110H131Br3N16O8. The molecule has 0 bridgehead atoms. The standard InChI is InChI=1S/C28H30N4O2.C28H34N4O2.2C27H32N4O2.3BrH/c1-19-7-11-21(12-8-19)15-26(27-30-16-23(18-33)34-27)32-25-6-4-3-5-24(25)31(28(32)29)17-22-13-9-20(2)10-14-22;1-20-7-11-23(12-8-20)18-25(19-34-17-16-33-4)32-27-26(6-5-15-30-27)31(28(32)29)22(3)24-13-9-21(2)10-14-24;2*1-19-7-11-22(12-8-19)16-24(17-33-18-32-4)31-26-25(6-5-15-29-26)30(27(31)28)21(3)23-13-9-20(2)10-14-23;;;/h3-14,23,26,29,33H,15-18H2,1-2H3;5-15,22,25,29H,16-19H2,1-4H3;2*5-15,21,24,28H,16-18H2,1-4H3;3*1H. The normalized spacial score (nSPS) is 13.8. The van der Waals surface area contributed by atoms with Gasteiger partial charge >= 0.3 is 0 Å². The Hall–Kier alpha value is -11.9. The number of benzene rings is 9. The molecule has 137 heavy (non-hydrogen) atoms. The van der Waals surface area contributed by atoms with Crippen molar-refractivity contribution in [2.45, 2.75) is 157 Å². The number of ether oxygens (including phenoxy) is 7. The minimum Gasteiger partial charge on any atom is -0.472 e. The molecule has 16 aromatic rings. The predicted octanol–water partition coefficient (Wildman–Crippen LogP) is 20.8. The maximum absolute atomic E-state index is 9.62. The van der Waals surface area contributed by atoms with E-state index in [1.54, 1.807) is 39.9 Å². The van der Waals surface area contributed by atoms with Crippen LogP contribution in [0.15, 0.2) is 278 Å². The Kier molecular flexibility index (Phi) is 38.9. The molecule has 0 amide bonds. The van der Waals surface area contributed by atoms with Gasteiger partial charge in [0, 0.05) is 46.3 Å². The molecule has 8 heterocycles. The van der Waals surface area contributed by atoms with Gasteiger partial charge in [0.05, 0.1) is 117 Å². The largest absolute Gasteiger partial charge is 0.472 e. The molecule has 8 atom stereocenters. The number of rotatable bonds is 35. The summed E-state index contributed by atoms with van der Waals surface area (Å²) in [6, 6.07) is 87.6. The van der Waals surface area contributed by atoms with Crippen LogP contribution in [0.25, 0.3) is 44.5 Å². The number of aromatic nitrogens is 11. The van der Waals surface area contributed by atoms with E-state index < -0.39 is 0 Å². The smallest absolute Gasteiger partial charge is 0.208 e. The number of hydrogen-bond donors (Lipinski definition) is 5. The van der Waals surface area contributed by atoms with E-state index in [2.05, 4.69) is 307 Å². The van der Waals surface area contributed by atoms with Crippen molar-refractivity contribution in [2.24, 2.45) is 4.99 Å². The van der Waals surface area contributed by atoms with Gasteiger partial charge in [0.25, 0.3) is 0 Å². The number of aliphatic hydroxyl groups excluding tert-OH is 1. The summed E-state index contributed by atoms with van der Waals surface area (Å²) in [6.45, 7) is 26.9. The summed E-state index contributed by atoms with van der Waals surface area (Å²) in [4.78, 5) is 18.8. The van der Waals surface area contributed by atoms with E-state index in [-0.39, 0.29) is 120 Å². The fourth-order valence-corrected chi connectivity index (χ4v) is 17.6. The molecule has 0 radical (unpaired) electrons. The topological polar surface area (TPSA) is 271 Å². The van der Waals surface area contributed by atoms with Crippen LogP contribution in [0, 0.1) is 77.0 Å². The number of aliphatic imine (C=N–C) groups is 1. The lowest BCUT2D eigenvalue weighted by Crippen LogP contribution is -2.34. The third kappa shape index (κ3) is 26.0. The van der Waals surface area contributed by atoms with E-state index in [9.17, 15) is 26.7 Å². The summed E-state index contributed by atoms with van der Waals surface area (Å²) in [6.07, 6.45) is 7.91. The van der Waals surface area contributed by atoms with Crippen molar-refractivity contribution < 1.29 is 38.3 Å². The fraction of sp³-hybridized carbons (Fsp3) is 0.327. The number of imidazole rings is 4. The zero-order valence-corrected chi connectivity index (χ0v) is 86.0. The number of methoxy groups -OCH3 is 3. The molecule has 8 unspecified atom stereocenters. The fourth-order valence-electron chi connectivity index (χ4n) is 17.6. The summed E-state index contributed by atoms with van der Waals surface area (Å²) in [7, 11) is 4.91. The number of para-hydroxylation sites is 2. The van der Waals surface area contributed by atoms with Crippen molar-refractivity contribution in [1.82, 2.24) is 51.5 Å². The Balaban J connectivity index is 0.000000174. The van der Waals surface area contributed by atoms with Gasteiger partial charge in [0.1, 0.15) is 25.7 Å². The van der Waals surface area contributed by atoms with Crippen LogP contribution in [0.4, 0.5) is 0 Å². The van der Waals surface area contributed by atoms with Gasteiger partial charge < -0.3 is 56.5 Å². The molecule has 720 valence electrons. The molecule has 0 saturated heterocycles. The highest BCUT2D eigenvalue weighted by Gasteiger charge is 2.33. The maximum atomic E-state index is 9.62. The summed E-state index contributed by atoms with van der Waals surface area (Å²) < 4.78 is 55.4. The zero-order valence-electron chi connectivity index (χ0n) is 80.9. The van der Waals surface area contributed by atoms with E-state index in [0.29, 0.717) is 80.9 Å². The number of nitrogens with one attached hydrogen (secondary N) is 4. The zero-order chi connectivity index (χ0) is 94.5. The number of halogens is 3. The molecule has 0 spiro atoms. The SMILES string of the molecule is Br.Br.Br.COCCOCC(Cc1ccc(C)cc1)n1c(=N)n(C(C)c2ccc(C)cc2)c2cccnc21.COCOCC(Cc1ccc(C)cc1)n1c(=N)n(C(C)c2ccc(C)cc2)c2cccnc21.COCOCC(Cc1ccc(C)cc1)n1c(=N)n(C(C)c2ccc(C)cc2)c2cccnc21.Cc1ccc(CC(C2=NCC(CO)O2)n2c(=N)n(Cc3ccc(C)cc3)c3ccccc32)cc1. The van der Waals surface area contributed by atoms with Crippen molar-refractivity contribution in [1.29, 1.82) is 21.6 Å². The molecule has 0 saturated carbocycles. The van der Waals surface area contributed by atoms with Crippen LogP contribution in [-0.2, 0) is 65.4 Å². The number of nitrogens with zero attached hydrogens (tertiary/aromatic N) is 12. The quantitative estimate of drug-likeness (QED) is 0.0184. The third-order valence-corrected chi connectivity index (χ3v) is 25.1. The number of aryl methyl sites for hydroxylation is 8. The first-order valence-electron chi connectivity index (χ1n) is 46.1. The molecule has 0 aliphatic carbocycles. The van der Waals surface area contributed by atoms with Gasteiger partial charge in [0.15, 0.2) is 16.9 Å². The molecule has 17 rings (SSSR count). The van der Waals surface area contributed by atoms with Gasteiger partial charge in [-0.15, -0.1) is 50.9 Å². The predicted molar refractivity (Wildman–Crippen MR) is 561 cm³/mol. The van der Waals surface area contributed by atoms with E-state index in [1.807, 2.05) is 65.3 Å². The average molecular weight is 2050 g/mol. The summed E-state index contributed by atoms with van der Waals surface area (Å²) in [5, 5.41) is 46.5. The highest BCUT2D eigenvalue weighted by molar-refractivity contribution is 8.93. The molecule has 7 aromatic heterocycles. The summed E-state index contributed by atoms with van der Waals surface area (Å²) in [5.41, 5.74) is 28.0. The van der Waals surface area contributed by atoms with Gasteiger partial charge in [-0.25, -0.2) is 19.9 Å². The molecule has 0 fully saturated rings. The van der Waals surface area contributed by atoms with Crippen LogP contribution in [0.3, 0.4) is 0 Å². The second kappa shape index (κ2) is 50.5. The minimum absolute atomic E-state index is 0. The van der Waals surface area contributed by atoms with Crippen LogP contribution >= 0.6 is 50.9 Å². The molecular weight excluding hydrogens is 1910 g/mol. The van der Waals surface area contributed by atoms with Crippen LogP contribution in [0.1, 0.15) is 152 Å². The summed E-state index contributed by atoms with van der Waals surface area (Å²) in [5.74, 6) is 0.580. The number of pyridine rings is 3. The molecule has 1 aliphatic rings. The van der Waals surface area contributed by atoms with Gasteiger partial charge in [-0.1, -0.05) is 251 Å². The van der Waals surface area contributed by atoms with Crippen LogP contribution in [0.2, 0.25) is 0 Å². The Morgan fingerprint density at radius 2 is 0.650 bits per heavy atom. The Morgan fingerprint density at radius 3 is 0.971 bits per heavy atom. The molecule has 27 heteroatoms. The van der Waals surface area contributed by atoms with Crippen molar-refractivity contribution in [2.75, 3.05) is 81.1 Å². The van der Waals surface area contributed by atoms with Gasteiger partial charge in [-0.3, -0.25) is 39.9 Å². The third-order valence-electron chi connectivity index (χ3n) is 25.1. The minimum atomic E-state index is -0.328. The van der Waals surface area contributed by atoms with Crippen molar-refractivity contribution >= 4 is 101 Å². The first-order chi connectivity index (χ1) is 65.0. The second-order valence-electron chi connectivity index (χ2n) is 35.2. The monoisotopic (exact) mass is 2040 g/mol. The van der Waals surface area contributed by atoms with E-state index in [4.69, 9.17) is 48.1 Å². The van der Waals surface area contributed by atoms with Crippen molar-refractivity contribution in [3.05, 3.63) is 385 Å². The number of fused-ring (bicyclic) bond motifs is 4. The average Bonchev–Trinajstić information content (AvgIpc) is 1.62. The van der Waals surface area contributed by atoms with Crippen LogP contribution < -0.4 is 22.5 Å². The van der Waals surface area contributed by atoms with Crippen molar-refractivity contribution in [3.63, 3.8) is 0 Å². The highest BCUT2D eigenvalue weighted by atomic mass is 79.9. The Bertz CT molecular complexity index is 6630. The molecule has 5 N–H and O–H groups in total. The lowest BCUT2D eigenvalue weighted by Gasteiger charge is -2.21. The van der Waals surface area contributed by atoms with Crippen molar-refractivity contribution in [3.8, 4) is 0 Å². The molecule has 24 nitrogen and oxygen atoms in total. The second-order valence-corrected chi connectivity index (χ2v) is 35.2. The Labute approximate surface area is 834 Å². The first kappa shape index (κ1) is 106. The molecule has 9 aromatic carbocycles. The lowest BCUT2D eigenvalue weighted by molar-refractivity contribution is -0.0417. The van der Waals surface area contributed by atoms with Gasteiger partial charge in [0.2, 0.25) is 28.4 Å². The number of hydrogen-bond acceptors (Lipinski definition) is 16. The van der Waals surface area contributed by atoms with Gasteiger partial charge in [-0.05, 0) is 188 Å². The van der Waals surface area contributed by atoms with Crippen LogP contribution in [0.5, 0.6) is 0 Å². The Morgan fingerprint density at radius 1 is 0.343 bits per heavy atom. The lowest BCUT2D eigenvalue weighted by atomic mass is 10.0.